The lowest BCUT2D eigenvalue weighted by Gasteiger charge is -2.21. The topological polar surface area (TPSA) is 67.2 Å². The summed E-state index contributed by atoms with van der Waals surface area (Å²) in [5.41, 5.74) is 1.000. The fourth-order valence-electron chi connectivity index (χ4n) is 3.30. The van der Waals surface area contributed by atoms with Crippen LogP contribution in [0, 0.1) is 11.6 Å². The molecule has 8 heteroatoms. The molecule has 2 aromatic rings. The number of carbonyl (C=O) groups is 2. The fourth-order valence-corrected chi connectivity index (χ4v) is 3.30. The maximum Gasteiger partial charge on any atom is 0.289 e. The molecular formula is C19H22F2N4O2. The Hall–Kier alpha value is -2.77. The van der Waals surface area contributed by atoms with Crippen molar-refractivity contribution in [2.24, 2.45) is 0 Å². The van der Waals surface area contributed by atoms with Crippen LogP contribution in [-0.2, 0) is 13.0 Å². The van der Waals surface area contributed by atoms with Gasteiger partial charge in [0.25, 0.3) is 11.8 Å². The van der Waals surface area contributed by atoms with Crippen LogP contribution < -0.4 is 5.32 Å². The summed E-state index contributed by atoms with van der Waals surface area (Å²) < 4.78 is 28.3. The summed E-state index contributed by atoms with van der Waals surface area (Å²) in [4.78, 5) is 31.5. The predicted molar refractivity (Wildman–Crippen MR) is 96.7 cm³/mol. The molecule has 0 radical (unpaired) electrons. The smallest absolute Gasteiger partial charge is 0.289 e. The highest BCUT2D eigenvalue weighted by Crippen LogP contribution is 2.23. The number of rotatable bonds is 5. The number of hydrogen-bond acceptors (Lipinski definition) is 3. The van der Waals surface area contributed by atoms with E-state index in [9.17, 15) is 18.4 Å². The zero-order valence-electron chi connectivity index (χ0n) is 15.4. The lowest BCUT2D eigenvalue weighted by atomic mass is 10.1. The third kappa shape index (κ3) is 3.70. The second-order valence-electron chi connectivity index (χ2n) is 6.40. The zero-order chi connectivity index (χ0) is 19.6. The highest BCUT2D eigenvalue weighted by atomic mass is 19.2. The van der Waals surface area contributed by atoms with Gasteiger partial charge in [-0.2, -0.15) is 0 Å². The second kappa shape index (κ2) is 7.85. The van der Waals surface area contributed by atoms with Crippen molar-refractivity contribution in [3.05, 3.63) is 47.0 Å². The minimum Gasteiger partial charge on any atom is -0.337 e. The molecule has 0 saturated heterocycles. The first-order valence-electron chi connectivity index (χ1n) is 9.11. The van der Waals surface area contributed by atoms with Gasteiger partial charge in [0.2, 0.25) is 0 Å². The van der Waals surface area contributed by atoms with Crippen molar-refractivity contribution in [2.45, 2.75) is 39.7 Å². The molecule has 0 fully saturated rings. The van der Waals surface area contributed by atoms with Gasteiger partial charge in [-0.05, 0) is 45.2 Å². The van der Waals surface area contributed by atoms with E-state index in [1.807, 2.05) is 18.4 Å². The molecule has 0 saturated carbocycles. The summed E-state index contributed by atoms with van der Waals surface area (Å²) in [6.45, 7) is 5.50. The number of imidazole rings is 1. The molecule has 6 nitrogen and oxygen atoms in total. The number of nitrogens with one attached hydrogen (secondary N) is 1. The third-order valence-electron chi connectivity index (χ3n) is 4.75. The van der Waals surface area contributed by atoms with Gasteiger partial charge >= 0.3 is 0 Å². The largest absolute Gasteiger partial charge is 0.337 e. The van der Waals surface area contributed by atoms with Crippen LogP contribution in [0.3, 0.4) is 0 Å². The van der Waals surface area contributed by atoms with E-state index in [0.29, 0.717) is 31.7 Å². The van der Waals surface area contributed by atoms with Crippen molar-refractivity contribution in [3.8, 4) is 0 Å². The first-order chi connectivity index (χ1) is 13.0. The van der Waals surface area contributed by atoms with Crippen molar-refractivity contribution < 1.29 is 18.4 Å². The van der Waals surface area contributed by atoms with Crippen LogP contribution in [0.15, 0.2) is 18.2 Å². The van der Waals surface area contributed by atoms with Crippen LogP contribution in [0.25, 0.3) is 0 Å². The van der Waals surface area contributed by atoms with Gasteiger partial charge in [0.1, 0.15) is 0 Å². The molecule has 0 bridgehead atoms. The van der Waals surface area contributed by atoms with Crippen molar-refractivity contribution >= 4 is 17.5 Å². The molecule has 2 heterocycles. The van der Waals surface area contributed by atoms with E-state index in [1.54, 1.807) is 4.90 Å². The van der Waals surface area contributed by atoms with Gasteiger partial charge in [0.15, 0.2) is 23.2 Å². The number of anilines is 1. The lowest BCUT2D eigenvalue weighted by Crippen LogP contribution is -2.33. The molecule has 1 N–H and O–H groups in total. The number of aromatic nitrogens is 2. The summed E-state index contributed by atoms with van der Waals surface area (Å²) in [5, 5.41) is 2.54. The molecule has 0 spiro atoms. The standard InChI is InChI=1S/C19H22F2N4O2/c1-3-24(4-2)19(27)17-23-16(15-7-5-6-10-25(15)17)18(26)22-12-8-9-13(20)14(21)11-12/h8-9,11H,3-7,10H2,1-2H3,(H,22,26). The van der Waals surface area contributed by atoms with Crippen molar-refractivity contribution in [1.82, 2.24) is 14.5 Å². The van der Waals surface area contributed by atoms with Crippen LogP contribution in [0.1, 0.15) is 53.5 Å². The molecule has 1 aromatic carbocycles. The molecule has 0 unspecified atom stereocenters. The number of nitrogens with zero attached hydrogens (tertiary/aromatic N) is 3. The van der Waals surface area contributed by atoms with Gasteiger partial charge in [-0.1, -0.05) is 0 Å². The van der Waals surface area contributed by atoms with Crippen LogP contribution >= 0.6 is 0 Å². The maximum absolute atomic E-state index is 13.4. The summed E-state index contributed by atoms with van der Waals surface area (Å²) in [7, 11) is 0. The number of carbonyl (C=O) groups excluding carboxylic acids is 2. The summed E-state index contributed by atoms with van der Waals surface area (Å²) >= 11 is 0. The van der Waals surface area contributed by atoms with Gasteiger partial charge in [-0.15, -0.1) is 0 Å². The number of hydrogen-bond donors (Lipinski definition) is 1. The van der Waals surface area contributed by atoms with Crippen LogP contribution in [0.5, 0.6) is 0 Å². The summed E-state index contributed by atoms with van der Waals surface area (Å²) in [5.74, 6) is -2.53. The van der Waals surface area contributed by atoms with E-state index < -0.39 is 17.5 Å². The summed E-state index contributed by atoms with van der Waals surface area (Å²) in [6, 6.07) is 3.14. The Balaban J connectivity index is 1.94. The molecule has 144 valence electrons. The number of halogens is 2. The average Bonchev–Trinajstić information content (AvgIpc) is 3.05. The SMILES string of the molecule is CCN(CC)C(=O)c1nc(C(=O)Nc2ccc(F)c(F)c2)c2n1CCCC2. The van der Waals surface area contributed by atoms with Gasteiger partial charge < -0.3 is 14.8 Å². The molecule has 1 aliphatic rings. The first kappa shape index (κ1) is 19.0. The Morgan fingerprint density at radius 2 is 1.93 bits per heavy atom. The van der Waals surface area contributed by atoms with E-state index in [2.05, 4.69) is 10.3 Å². The molecule has 1 aliphatic heterocycles. The van der Waals surface area contributed by atoms with Crippen molar-refractivity contribution in [1.29, 1.82) is 0 Å². The minimum atomic E-state index is -1.04. The molecular weight excluding hydrogens is 354 g/mol. The normalized spacial score (nSPS) is 13.2. The van der Waals surface area contributed by atoms with Gasteiger partial charge in [0.05, 0.1) is 5.69 Å². The Morgan fingerprint density at radius 3 is 2.59 bits per heavy atom. The Labute approximate surface area is 156 Å². The van der Waals surface area contributed by atoms with E-state index >= 15 is 0 Å². The number of fused-ring (bicyclic) bond motifs is 1. The highest BCUT2D eigenvalue weighted by Gasteiger charge is 2.29. The van der Waals surface area contributed by atoms with E-state index in [-0.39, 0.29) is 23.1 Å². The number of amides is 2. The van der Waals surface area contributed by atoms with Gasteiger partial charge in [-0.25, -0.2) is 13.8 Å². The molecule has 27 heavy (non-hydrogen) atoms. The van der Waals surface area contributed by atoms with Crippen LogP contribution in [0.2, 0.25) is 0 Å². The van der Waals surface area contributed by atoms with Crippen LogP contribution in [0.4, 0.5) is 14.5 Å². The average molecular weight is 376 g/mol. The summed E-state index contributed by atoms with van der Waals surface area (Å²) in [6.07, 6.45) is 2.45. The molecule has 0 aliphatic carbocycles. The molecule has 2 amide bonds. The first-order valence-corrected chi connectivity index (χ1v) is 9.11. The van der Waals surface area contributed by atoms with Gasteiger partial charge in [0, 0.05) is 31.4 Å². The van der Waals surface area contributed by atoms with Crippen molar-refractivity contribution in [2.75, 3.05) is 18.4 Å². The van der Waals surface area contributed by atoms with E-state index in [1.165, 1.54) is 6.07 Å². The maximum atomic E-state index is 13.4. The Kier molecular flexibility index (Phi) is 5.53. The van der Waals surface area contributed by atoms with Gasteiger partial charge in [-0.3, -0.25) is 9.59 Å². The Morgan fingerprint density at radius 1 is 1.19 bits per heavy atom. The highest BCUT2D eigenvalue weighted by molar-refractivity contribution is 6.05. The Bertz CT molecular complexity index is 875. The monoisotopic (exact) mass is 376 g/mol. The number of benzene rings is 1. The third-order valence-corrected chi connectivity index (χ3v) is 4.75. The predicted octanol–water partition coefficient (Wildman–Crippen LogP) is 3.23. The molecule has 0 atom stereocenters. The fraction of sp³-hybridized carbons (Fsp3) is 0.421. The van der Waals surface area contributed by atoms with E-state index in [4.69, 9.17) is 0 Å². The van der Waals surface area contributed by atoms with Crippen molar-refractivity contribution in [3.63, 3.8) is 0 Å². The molecule has 1 aromatic heterocycles. The lowest BCUT2D eigenvalue weighted by molar-refractivity contribution is 0.0754. The van der Waals surface area contributed by atoms with E-state index in [0.717, 1.165) is 25.0 Å². The quantitative estimate of drug-likeness (QED) is 0.871. The zero-order valence-corrected chi connectivity index (χ0v) is 15.4. The molecule has 3 rings (SSSR count). The second-order valence-corrected chi connectivity index (χ2v) is 6.40. The minimum absolute atomic E-state index is 0.132. The van der Waals surface area contributed by atoms with Crippen LogP contribution in [-0.4, -0.2) is 39.4 Å².